The average molecular weight is 402 g/mol. The summed E-state index contributed by atoms with van der Waals surface area (Å²) in [5.74, 6) is 0.960. The van der Waals surface area contributed by atoms with Gasteiger partial charge in [0, 0.05) is 12.2 Å². The molecule has 28 heavy (non-hydrogen) atoms. The Morgan fingerprint density at radius 2 is 1.93 bits per heavy atom. The third kappa shape index (κ3) is 4.58. The first-order valence-corrected chi connectivity index (χ1v) is 11.2. The Hall–Kier alpha value is -1.86. The monoisotopic (exact) mass is 401 g/mol. The van der Waals surface area contributed by atoms with Crippen LogP contribution >= 0.6 is 11.8 Å². The van der Waals surface area contributed by atoms with E-state index in [-0.39, 0.29) is 23.3 Å². The SMILES string of the molecule is O=C(CSc1n[nH]c(=O)n1C[C@@H]1CCCO1)c1ccc(C2CCCCC2)cc1. The van der Waals surface area contributed by atoms with E-state index in [4.69, 9.17) is 4.74 Å². The standard InChI is InChI=1S/C21H27N3O3S/c25-19(17-10-8-16(9-11-17)15-5-2-1-3-6-15)14-28-21-23-22-20(26)24(21)13-18-7-4-12-27-18/h8-11,15,18H,1-7,12-14H2,(H,22,26)/t18-/m0/s1. The van der Waals surface area contributed by atoms with Crippen molar-refractivity contribution in [1.29, 1.82) is 0 Å². The second kappa shape index (κ2) is 9.09. The zero-order valence-corrected chi connectivity index (χ0v) is 16.9. The summed E-state index contributed by atoms with van der Waals surface area (Å²) in [6.45, 7) is 1.23. The minimum atomic E-state index is -0.248. The number of aromatic amines is 1. The van der Waals surface area contributed by atoms with Crippen LogP contribution in [-0.2, 0) is 11.3 Å². The van der Waals surface area contributed by atoms with Crippen LogP contribution in [0.2, 0.25) is 0 Å². The van der Waals surface area contributed by atoms with Gasteiger partial charge in [0.05, 0.1) is 18.4 Å². The van der Waals surface area contributed by atoms with E-state index in [0.29, 0.717) is 17.6 Å². The van der Waals surface area contributed by atoms with Crippen molar-refractivity contribution >= 4 is 17.5 Å². The van der Waals surface area contributed by atoms with Gasteiger partial charge < -0.3 is 4.74 Å². The molecular formula is C21H27N3O3S. The molecule has 0 spiro atoms. The van der Waals surface area contributed by atoms with Gasteiger partial charge in [0.15, 0.2) is 10.9 Å². The molecule has 2 aliphatic rings. The molecule has 0 amide bonds. The van der Waals surface area contributed by atoms with Crippen LogP contribution in [0.4, 0.5) is 0 Å². The maximum atomic E-state index is 12.6. The number of hydrogen-bond acceptors (Lipinski definition) is 5. The number of thioether (sulfide) groups is 1. The summed E-state index contributed by atoms with van der Waals surface area (Å²) in [7, 11) is 0. The molecule has 6 nitrogen and oxygen atoms in total. The average Bonchev–Trinajstić information content (AvgIpc) is 3.38. The Morgan fingerprint density at radius 1 is 1.14 bits per heavy atom. The molecule has 7 heteroatoms. The molecule has 1 aromatic carbocycles. The number of hydrogen-bond donors (Lipinski definition) is 1. The summed E-state index contributed by atoms with van der Waals surface area (Å²) in [5.41, 5.74) is 1.82. The molecule has 0 radical (unpaired) electrons. The Labute approximate surface area is 169 Å². The van der Waals surface area contributed by atoms with E-state index in [0.717, 1.165) is 25.0 Å². The van der Waals surface area contributed by atoms with Crippen LogP contribution in [0.25, 0.3) is 0 Å². The van der Waals surface area contributed by atoms with Gasteiger partial charge in [0.2, 0.25) is 0 Å². The lowest BCUT2D eigenvalue weighted by Crippen LogP contribution is -2.25. The van der Waals surface area contributed by atoms with E-state index >= 15 is 0 Å². The van der Waals surface area contributed by atoms with E-state index in [2.05, 4.69) is 22.3 Å². The largest absolute Gasteiger partial charge is 0.376 e. The molecule has 2 aromatic rings. The molecule has 4 rings (SSSR count). The molecular weight excluding hydrogens is 374 g/mol. The predicted octanol–water partition coefficient (Wildman–Crippen LogP) is 3.77. The van der Waals surface area contributed by atoms with E-state index < -0.39 is 0 Å². The fourth-order valence-electron chi connectivity index (χ4n) is 4.16. The van der Waals surface area contributed by atoms with E-state index in [1.165, 1.54) is 49.4 Å². The number of Topliss-reactive ketones (excluding diaryl/α,β-unsaturated/α-hetero) is 1. The van der Waals surface area contributed by atoms with Crippen LogP contribution in [-0.4, -0.2) is 39.0 Å². The van der Waals surface area contributed by atoms with Crippen LogP contribution in [0.5, 0.6) is 0 Å². The van der Waals surface area contributed by atoms with Gasteiger partial charge in [-0.2, -0.15) is 0 Å². The number of nitrogens with one attached hydrogen (secondary N) is 1. The molecule has 0 bridgehead atoms. The highest BCUT2D eigenvalue weighted by molar-refractivity contribution is 7.99. The van der Waals surface area contributed by atoms with Crippen molar-refractivity contribution in [3.05, 3.63) is 45.9 Å². The quantitative estimate of drug-likeness (QED) is 0.564. The molecule has 1 aromatic heterocycles. The Balaban J connectivity index is 1.36. The molecule has 2 heterocycles. The van der Waals surface area contributed by atoms with E-state index in [1.54, 1.807) is 4.57 Å². The molecule has 150 valence electrons. The number of carbonyl (C=O) groups is 1. The number of ether oxygens (including phenoxy) is 1. The first-order chi connectivity index (χ1) is 13.7. The zero-order chi connectivity index (χ0) is 19.3. The van der Waals surface area contributed by atoms with Crippen molar-refractivity contribution < 1.29 is 9.53 Å². The topological polar surface area (TPSA) is 77.0 Å². The third-order valence-electron chi connectivity index (χ3n) is 5.78. The third-order valence-corrected chi connectivity index (χ3v) is 6.75. The normalized spacial score (nSPS) is 20.5. The number of ketones is 1. The summed E-state index contributed by atoms with van der Waals surface area (Å²) in [5, 5.41) is 7.12. The molecule has 1 N–H and O–H groups in total. The van der Waals surface area contributed by atoms with Gasteiger partial charge in [-0.1, -0.05) is 55.3 Å². The van der Waals surface area contributed by atoms with Gasteiger partial charge in [-0.15, -0.1) is 5.10 Å². The van der Waals surface area contributed by atoms with Crippen molar-refractivity contribution in [2.45, 2.75) is 68.7 Å². The highest BCUT2D eigenvalue weighted by atomic mass is 32.2. The molecule has 0 unspecified atom stereocenters. The van der Waals surface area contributed by atoms with Gasteiger partial charge in [-0.3, -0.25) is 9.36 Å². The Morgan fingerprint density at radius 3 is 2.64 bits per heavy atom. The lowest BCUT2D eigenvalue weighted by molar-refractivity contribution is 0.0941. The van der Waals surface area contributed by atoms with Gasteiger partial charge >= 0.3 is 5.69 Å². The van der Waals surface area contributed by atoms with Crippen molar-refractivity contribution in [1.82, 2.24) is 14.8 Å². The summed E-state index contributed by atoms with van der Waals surface area (Å²) in [6.07, 6.45) is 8.49. The predicted molar refractivity (Wildman–Crippen MR) is 109 cm³/mol. The summed E-state index contributed by atoms with van der Waals surface area (Å²) < 4.78 is 7.20. The van der Waals surface area contributed by atoms with E-state index in [9.17, 15) is 9.59 Å². The molecule has 1 atom stereocenters. The van der Waals surface area contributed by atoms with Crippen LogP contribution in [0, 0.1) is 0 Å². The number of carbonyl (C=O) groups excluding carboxylic acids is 1. The van der Waals surface area contributed by atoms with Crippen LogP contribution in [0.3, 0.4) is 0 Å². The Kier molecular flexibility index (Phi) is 6.32. The molecule has 1 saturated carbocycles. The first-order valence-electron chi connectivity index (χ1n) is 10.2. The highest BCUT2D eigenvalue weighted by Crippen LogP contribution is 2.32. The second-order valence-corrected chi connectivity index (χ2v) is 8.67. The summed E-state index contributed by atoms with van der Waals surface area (Å²) in [6, 6.07) is 8.10. The maximum absolute atomic E-state index is 12.6. The highest BCUT2D eigenvalue weighted by Gasteiger charge is 2.20. The van der Waals surface area contributed by atoms with Gasteiger partial charge in [-0.05, 0) is 37.2 Å². The zero-order valence-electron chi connectivity index (χ0n) is 16.1. The van der Waals surface area contributed by atoms with Crippen LogP contribution in [0.1, 0.15) is 66.8 Å². The van der Waals surface area contributed by atoms with Crippen molar-refractivity contribution in [2.75, 3.05) is 12.4 Å². The fraction of sp³-hybridized carbons (Fsp3) is 0.571. The minimum absolute atomic E-state index is 0.0534. The molecule has 1 saturated heterocycles. The lowest BCUT2D eigenvalue weighted by Gasteiger charge is -2.22. The molecule has 1 aliphatic carbocycles. The summed E-state index contributed by atoms with van der Waals surface area (Å²) in [4.78, 5) is 24.6. The van der Waals surface area contributed by atoms with E-state index in [1.807, 2.05) is 12.1 Å². The maximum Gasteiger partial charge on any atom is 0.344 e. The smallest absolute Gasteiger partial charge is 0.344 e. The van der Waals surface area contributed by atoms with Gasteiger partial charge in [0.25, 0.3) is 0 Å². The number of rotatable bonds is 7. The summed E-state index contributed by atoms with van der Waals surface area (Å²) >= 11 is 1.30. The van der Waals surface area contributed by atoms with Gasteiger partial charge in [0.1, 0.15) is 0 Å². The van der Waals surface area contributed by atoms with Crippen LogP contribution < -0.4 is 5.69 Å². The van der Waals surface area contributed by atoms with Crippen LogP contribution in [0.15, 0.2) is 34.2 Å². The molecule has 1 aliphatic heterocycles. The number of H-pyrrole nitrogens is 1. The van der Waals surface area contributed by atoms with Crippen molar-refractivity contribution in [3.63, 3.8) is 0 Å². The number of aromatic nitrogens is 3. The van der Waals surface area contributed by atoms with Gasteiger partial charge in [-0.25, -0.2) is 9.89 Å². The Bertz CT molecular complexity index is 847. The van der Waals surface area contributed by atoms with Crippen molar-refractivity contribution in [2.24, 2.45) is 0 Å². The van der Waals surface area contributed by atoms with Crippen molar-refractivity contribution in [3.8, 4) is 0 Å². The first kappa shape index (κ1) is 19.5. The minimum Gasteiger partial charge on any atom is -0.376 e. The number of nitrogens with zero attached hydrogens (tertiary/aromatic N) is 2. The fourth-order valence-corrected chi connectivity index (χ4v) is 5.01. The number of benzene rings is 1. The second-order valence-electron chi connectivity index (χ2n) is 7.73. The molecule has 2 fully saturated rings. The lowest BCUT2D eigenvalue weighted by atomic mass is 9.84.